The van der Waals surface area contributed by atoms with E-state index in [1.165, 1.54) is 0 Å². The van der Waals surface area contributed by atoms with Crippen molar-refractivity contribution in [3.05, 3.63) is 74.1 Å². The lowest BCUT2D eigenvalue weighted by Gasteiger charge is -2.03. The van der Waals surface area contributed by atoms with Gasteiger partial charge in [-0.3, -0.25) is 0 Å². The normalized spacial score (nSPS) is 10.9. The highest BCUT2D eigenvalue weighted by molar-refractivity contribution is 6.42. The topological polar surface area (TPSA) is 28.7 Å². The monoisotopic (exact) mass is 370 g/mol. The maximum atomic E-state index is 6.21. The molecule has 0 saturated carbocycles. The summed E-state index contributed by atoms with van der Waals surface area (Å²) in [4.78, 5) is 7.64. The molecule has 6 heteroatoms. The molecule has 1 heterocycles. The summed E-state index contributed by atoms with van der Waals surface area (Å²) < 4.78 is 0. The fourth-order valence-corrected chi connectivity index (χ4v) is 2.97. The van der Waals surface area contributed by atoms with E-state index in [1.54, 1.807) is 24.4 Å². The summed E-state index contributed by atoms with van der Waals surface area (Å²) in [6, 6.07) is 10.9. The van der Waals surface area contributed by atoms with Crippen LogP contribution in [0.15, 0.2) is 42.6 Å². The number of nitrogens with one attached hydrogen (secondary N) is 1. The Hall–Kier alpha value is -1.19. The molecule has 3 rings (SSSR count). The van der Waals surface area contributed by atoms with Gasteiger partial charge in [0.25, 0.3) is 0 Å². The van der Waals surface area contributed by atoms with Crippen LogP contribution >= 0.6 is 46.4 Å². The zero-order valence-corrected chi connectivity index (χ0v) is 14.2. The van der Waals surface area contributed by atoms with Gasteiger partial charge in [0.15, 0.2) is 0 Å². The lowest BCUT2D eigenvalue weighted by Crippen LogP contribution is -1.91. The van der Waals surface area contributed by atoms with E-state index < -0.39 is 0 Å². The Kier molecular flexibility index (Phi) is 4.65. The Labute approximate surface area is 148 Å². The van der Waals surface area contributed by atoms with Crippen LogP contribution in [0.5, 0.6) is 0 Å². The van der Waals surface area contributed by atoms with E-state index in [9.17, 15) is 0 Å². The molecule has 0 atom stereocenters. The average molecular weight is 372 g/mol. The van der Waals surface area contributed by atoms with Gasteiger partial charge >= 0.3 is 0 Å². The van der Waals surface area contributed by atoms with Crippen molar-refractivity contribution in [2.75, 3.05) is 0 Å². The number of hydrogen-bond acceptors (Lipinski definition) is 1. The zero-order chi connectivity index (χ0) is 15.7. The van der Waals surface area contributed by atoms with Crippen molar-refractivity contribution in [2.24, 2.45) is 0 Å². The Morgan fingerprint density at radius 3 is 2.41 bits per heavy atom. The van der Waals surface area contributed by atoms with E-state index >= 15 is 0 Å². The first-order chi connectivity index (χ1) is 10.5. The Morgan fingerprint density at radius 1 is 0.864 bits per heavy atom. The maximum absolute atomic E-state index is 6.21. The first-order valence-electron chi connectivity index (χ1n) is 6.46. The van der Waals surface area contributed by atoms with Crippen LogP contribution in [-0.2, 0) is 6.42 Å². The van der Waals surface area contributed by atoms with Crippen molar-refractivity contribution in [2.45, 2.75) is 6.42 Å². The molecule has 0 aliphatic heterocycles. The first-order valence-corrected chi connectivity index (χ1v) is 7.97. The molecular formula is C16H10Cl4N2. The predicted molar refractivity (Wildman–Crippen MR) is 93.3 cm³/mol. The molecule has 0 fully saturated rings. The number of H-pyrrole nitrogens is 1. The molecular weight excluding hydrogens is 362 g/mol. The molecule has 22 heavy (non-hydrogen) atoms. The molecule has 0 saturated heterocycles. The molecule has 0 unspecified atom stereocenters. The number of hydrogen-bond donors (Lipinski definition) is 1. The van der Waals surface area contributed by atoms with E-state index in [-0.39, 0.29) is 0 Å². The van der Waals surface area contributed by atoms with Crippen LogP contribution in [0.1, 0.15) is 11.4 Å². The van der Waals surface area contributed by atoms with E-state index in [0.717, 1.165) is 22.6 Å². The Balaban J connectivity index is 1.85. The number of aromatic amines is 1. The fourth-order valence-electron chi connectivity index (χ4n) is 2.14. The minimum atomic E-state index is 0.534. The number of nitrogens with zero attached hydrogens (tertiary/aromatic N) is 1. The Morgan fingerprint density at radius 2 is 1.68 bits per heavy atom. The molecule has 2 aromatic carbocycles. The number of rotatable bonds is 3. The molecule has 0 bridgehead atoms. The van der Waals surface area contributed by atoms with E-state index in [4.69, 9.17) is 46.4 Å². The highest BCUT2D eigenvalue weighted by atomic mass is 35.5. The second-order valence-corrected chi connectivity index (χ2v) is 6.45. The minimum absolute atomic E-state index is 0.534. The van der Waals surface area contributed by atoms with Crippen LogP contribution in [0.3, 0.4) is 0 Å². The van der Waals surface area contributed by atoms with Crippen molar-refractivity contribution in [3.63, 3.8) is 0 Å². The van der Waals surface area contributed by atoms with Gasteiger partial charge in [0.2, 0.25) is 0 Å². The van der Waals surface area contributed by atoms with Gasteiger partial charge in [-0.1, -0.05) is 52.5 Å². The highest BCUT2D eigenvalue weighted by Crippen LogP contribution is 2.29. The van der Waals surface area contributed by atoms with Crippen LogP contribution in [0.4, 0.5) is 0 Å². The molecule has 1 aromatic heterocycles. The second-order valence-electron chi connectivity index (χ2n) is 4.79. The summed E-state index contributed by atoms with van der Waals surface area (Å²) in [7, 11) is 0. The summed E-state index contributed by atoms with van der Waals surface area (Å²) in [5.74, 6) is 0.819. The first kappa shape index (κ1) is 15.7. The standard InChI is InChI=1S/C16H10Cl4N2/c17-10-2-3-11(13(19)7-10)15-8-21-16(22-15)6-9-1-4-12(18)14(20)5-9/h1-5,7-8H,6H2,(H,21,22). The third-order valence-electron chi connectivity index (χ3n) is 3.21. The van der Waals surface area contributed by atoms with E-state index in [2.05, 4.69) is 9.97 Å². The zero-order valence-electron chi connectivity index (χ0n) is 11.2. The van der Waals surface area contributed by atoms with Crippen LogP contribution in [-0.4, -0.2) is 9.97 Å². The molecule has 2 nitrogen and oxygen atoms in total. The molecule has 112 valence electrons. The molecule has 0 aliphatic carbocycles. The molecule has 0 aliphatic rings. The predicted octanol–water partition coefficient (Wildman–Crippen LogP) is 6.28. The average Bonchev–Trinajstić information content (AvgIpc) is 2.91. The van der Waals surface area contributed by atoms with Crippen LogP contribution in [0, 0.1) is 0 Å². The van der Waals surface area contributed by atoms with Crippen molar-refractivity contribution in [1.82, 2.24) is 9.97 Å². The van der Waals surface area contributed by atoms with Crippen LogP contribution < -0.4 is 0 Å². The van der Waals surface area contributed by atoms with Gasteiger partial charge in [-0.05, 0) is 35.9 Å². The van der Waals surface area contributed by atoms with E-state index in [0.29, 0.717) is 26.5 Å². The lowest BCUT2D eigenvalue weighted by atomic mass is 10.1. The van der Waals surface area contributed by atoms with Gasteiger partial charge < -0.3 is 4.98 Å². The molecule has 1 N–H and O–H groups in total. The van der Waals surface area contributed by atoms with Crippen LogP contribution in [0.2, 0.25) is 20.1 Å². The van der Waals surface area contributed by atoms with Crippen molar-refractivity contribution < 1.29 is 0 Å². The smallest absolute Gasteiger partial charge is 0.110 e. The summed E-state index contributed by atoms with van der Waals surface area (Å²) in [6.07, 6.45) is 2.38. The molecule has 3 aromatic rings. The molecule has 0 radical (unpaired) electrons. The molecule has 0 amide bonds. The van der Waals surface area contributed by atoms with Crippen molar-refractivity contribution in [3.8, 4) is 11.3 Å². The van der Waals surface area contributed by atoms with Gasteiger partial charge in [0.05, 0.1) is 27.0 Å². The summed E-state index contributed by atoms with van der Waals surface area (Å²) in [5.41, 5.74) is 2.73. The maximum Gasteiger partial charge on any atom is 0.110 e. The number of halogens is 4. The second kappa shape index (κ2) is 6.51. The van der Waals surface area contributed by atoms with Crippen molar-refractivity contribution >= 4 is 46.4 Å². The fraction of sp³-hybridized carbons (Fsp3) is 0.0625. The van der Waals surface area contributed by atoms with Gasteiger partial charge in [-0.2, -0.15) is 0 Å². The quantitative estimate of drug-likeness (QED) is 0.576. The van der Waals surface area contributed by atoms with Gasteiger partial charge in [-0.25, -0.2) is 4.98 Å². The highest BCUT2D eigenvalue weighted by Gasteiger charge is 2.09. The third-order valence-corrected chi connectivity index (χ3v) is 4.49. The minimum Gasteiger partial charge on any atom is -0.342 e. The van der Waals surface area contributed by atoms with Gasteiger partial charge in [0.1, 0.15) is 5.82 Å². The SMILES string of the molecule is Clc1ccc(-c2cnc(Cc3ccc(Cl)c(Cl)c3)[nH]2)c(Cl)c1. The third kappa shape index (κ3) is 3.41. The number of aromatic nitrogens is 2. The number of imidazole rings is 1. The van der Waals surface area contributed by atoms with Crippen molar-refractivity contribution in [1.29, 1.82) is 0 Å². The number of benzene rings is 2. The van der Waals surface area contributed by atoms with Gasteiger partial charge in [0, 0.05) is 17.0 Å². The van der Waals surface area contributed by atoms with Crippen LogP contribution in [0.25, 0.3) is 11.3 Å². The summed E-state index contributed by atoms with van der Waals surface area (Å²) in [5, 5.41) is 2.26. The summed E-state index contributed by atoms with van der Waals surface area (Å²) in [6.45, 7) is 0. The lowest BCUT2D eigenvalue weighted by molar-refractivity contribution is 1.03. The van der Waals surface area contributed by atoms with E-state index in [1.807, 2.05) is 18.2 Å². The molecule has 0 spiro atoms. The largest absolute Gasteiger partial charge is 0.342 e. The summed E-state index contributed by atoms with van der Waals surface area (Å²) >= 11 is 24.1. The Bertz CT molecular complexity index is 827. The van der Waals surface area contributed by atoms with Gasteiger partial charge in [-0.15, -0.1) is 0 Å².